The first-order valence-electron chi connectivity index (χ1n) is 5.73. The van der Waals surface area contributed by atoms with Gasteiger partial charge in [0.2, 0.25) is 0 Å². The molecule has 18 heavy (non-hydrogen) atoms. The van der Waals surface area contributed by atoms with Crippen molar-refractivity contribution in [1.29, 1.82) is 0 Å². The van der Waals surface area contributed by atoms with Gasteiger partial charge < -0.3 is 10.1 Å². The molecule has 4 nitrogen and oxygen atoms in total. The van der Waals surface area contributed by atoms with Gasteiger partial charge in [-0.05, 0) is 30.8 Å². The van der Waals surface area contributed by atoms with Gasteiger partial charge in [-0.15, -0.1) is 0 Å². The fraction of sp³-hybridized carbons (Fsp3) is 0.231. The Balaban J connectivity index is 1.99. The molecule has 0 fully saturated rings. The SMILES string of the molecule is CCNCc1cnc(Oc2ccc(F)cc2)nc1. The van der Waals surface area contributed by atoms with E-state index in [-0.39, 0.29) is 11.8 Å². The van der Waals surface area contributed by atoms with Gasteiger partial charge in [0.05, 0.1) is 0 Å². The van der Waals surface area contributed by atoms with Crippen molar-refractivity contribution in [2.45, 2.75) is 13.5 Å². The minimum atomic E-state index is -0.302. The van der Waals surface area contributed by atoms with Crippen LogP contribution in [0.1, 0.15) is 12.5 Å². The van der Waals surface area contributed by atoms with Crippen LogP contribution in [0.3, 0.4) is 0 Å². The lowest BCUT2D eigenvalue weighted by atomic mass is 10.3. The first-order valence-corrected chi connectivity index (χ1v) is 5.73. The Morgan fingerprint density at radius 3 is 2.44 bits per heavy atom. The highest BCUT2D eigenvalue weighted by Crippen LogP contribution is 2.17. The maximum Gasteiger partial charge on any atom is 0.321 e. The van der Waals surface area contributed by atoms with Gasteiger partial charge in [0.15, 0.2) is 0 Å². The Kier molecular flexibility index (Phi) is 4.20. The van der Waals surface area contributed by atoms with Gasteiger partial charge in [0, 0.05) is 24.5 Å². The normalized spacial score (nSPS) is 10.3. The Hall–Kier alpha value is -2.01. The summed E-state index contributed by atoms with van der Waals surface area (Å²) < 4.78 is 18.1. The van der Waals surface area contributed by atoms with Crippen molar-refractivity contribution in [3.8, 4) is 11.8 Å². The molecule has 0 aliphatic carbocycles. The molecule has 0 aliphatic heterocycles. The van der Waals surface area contributed by atoms with E-state index in [1.54, 1.807) is 12.4 Å². The van der Waals surface area contributed by atoms with Gasteiger partial charge in [-0.25, -0.2) is 14.4 Å². The number of hydrogen-bond donors (Lipinski definition) is 1. The minimum Gasteiger partial charge on any atom is -0.424 e. The molecule has 2 rings (SSSR count). The highest BCUT2D eigenvalue weighted by molar-refractivity contribution is 5.25. The van der Waals surface area contributed by atoms with E-state index >= 15 is 0 Å². The molecule has 1 heterocycles. The van der Waals surface area contributed by atoms with E-state index in [4.69, 9.17) is 4.74 Å². The number of nitrogens with one attached hydrogen (secondary N) is 1. The summed E-state index contributed by atoms with van der Waals surface area (Å²) in [5, 5.41) is 3.18. The van der Waals surface area contributed by atoms with Crippen LogP contribution in [0.5, 0.6) is 11.8 Å². The smallest absolute Gasteiger partial charge is 0.321 e. The summed E-state index contributed by atoms with van der Waals surface area (Å²) in [6.45, 7) is 3.66. The van der Waals surface area contributed by atoms with E-state index in [0.29, 0.717) is 5.75 Å². The van der Waals surface area contributed by atoms with E-state index in [9.17, 15) is 4.39 Å². The molecule has 1 N–H and O–H groups in total. The van der Waals surface area contributed by atoms with Crippen LogP contribution in [-0.4, -0.2) is 16.5 Å². The fourth-order valence-electron chi connectivity index (χ4n) is 1.36. The lowest BCUT2D eigenvalue weighted by molar-refractivity contribution is 0.439. The summed E-state index contributed by atoms with van der Waals surface area (Å²) in [4.78, 5) is 8.16. The monoisotopic (exact) mass is 247 g/mol. The number of halogens is 1. The second kappa shape index (κ2) is 6.07. The maximum absolute atomic E-state index is 12.7. The van der Waals surface area contributed by atoms with Crippen molar-refractivity contribution in [3.05, 3.63) is 48.0 Å². The first-order chi connectivity index (χ1) is 8.78. The number of ether oxygens (including phenoxy) is 1. The van der Waals surface area contributed by atoms with Crippen LogP contribution in [-0.2, 0) is 6.54 Å². The van der Waals surface area contributed by atoms with Gasteiger partial charge >= 0.3 is 6.01 Å². The molecule has 0 radical (unpaired) electrons. The van der Waals surface area contributed by atoms with Crippen LogP contribution in [0.2, 0.25) is 0 Å². The molecule has 0 unspecified atom stereocenters. The average molecular weight is 247 g/mol. The summed E-state index contributed by atoms with van der Waals surface area (Å²) in [5.41, 5.74) is 0.989. The molecule has 1 aromatic carbocycles. The Labute approximate surface area is 105 Å². The van der Waals surface area contributed by atoms with E-state index in [1.165, 1.54) is 24.3 Å². The van der Waals surface area contributed by atoms with E-state index in [2.05, 4.69) is 15.3 Å². The zero-order valence-corrected chi connectivity index (χ0v) is 10.1. The first kappa shape index (κ1) is 12.4. The Bertz CT molecular complexity index is 485. The van der Waals surface area contributed by atoms with Crippen LogP contribution in [0.4, 0.5) is 4.39 Å². The van der Waals surface area contributed by atoms with Crippen molar-refractivity contribution in [3.63, 3.8) is 0 Å². The van der Waals surface area contributed by atoms with Crippen molar-refractivity contribution in [2.24, 2.45) is 0 Å². The summed E-state index contributed by atoms with van der Waals surface area (Å²) in [6.07, 6.45) is 3.41. The quantitative estimate of drug-likeness (QED) is 0.882. The molecule has 2 aromatic rings. The largest absolute Gasteiger partial charge is 0.424 e. The van der Waals surface area contributed by atoms with Crippen LogP contribution < -0.4 is 10.1 Å². The minimum absolute atomic E-state index is 0.252. The summed E-state index contributed by atoms with van der Waals surface area (Å²) in [5.74, 6) is 0.208. The molecule has 5 heteroatoms. The molecular formula is C13H14FN3O. The van der Waals surface area contributed by atoms with Gasteiger partial charge in [-0.1, -0.05) is 6.92 Å². The van der Waals surface area contributed by atoms with Crippen molar-refractivity contribution >= 4 is 0 Å². The molecule has 0 bridgehead atoms. The van der Waals surface area contributed by atoms with E-state index < -0.39 is 0 Å². The standard InChI is InChI=1S/C13H14FN3O/c1-2-15-7-10-8-16-13(17-9-10)18-12-5-3-11(14)4-6-12/h3-6,8-9,15H,2,7H2,1H3. The molecule has 1 aromatic heterocycles. The van der Waals surface area contributed by atoms with Crippen LogP contribution in [0.25, 0.3) is 0 Å². The summed E-state index contributed by atoms with van der Waals surface area (Å²) >= 11 is 0. The average Bonchev–Trinajstić information content (AvgIpc) is 2.41. The molecule has 0 aliphatic rings. The number of aromatic nitrogens is 2. The Morgan fingerprint density at radius 2 is 1.83 bits per heavy atom. The highest BCUT2D eigenvalue weighted by atomic mass is 19.1. The van der Waals surface area contributed by atoms with Crippen LogP contribution in [0.15, 0.2) is 36.7 Å². The Morgan fingerprint density at radius 1 is 1.17 bits per heavy atom. The zero-order valence-electron chi connectivity index (χ0n) is 10.1. The van der Waals surface area contributed by atoms with Gasteiger partial charge in [0.1, 0.15) is 11.6 Å². The fourth-order valence-corrected chi connectivity index (χ4v) is 1.36. The molecule has 0 spiro atoms. The number of hydrogen-bond acceptors (Lipinski definition) is 4. The number of rotatable bonds is 5. The van der Waals surface area contributed by atoms with Crippen molar-refractivity contribution in [2.75, 3.05) is 6.54 Å². The second-order valence-corrected chi connectivity index (χ2v) is 3.71. The lowest BCUT2D eigenvalue weighted by Gasteiger charge is -2.04. The predicted molar refractivity (Wildman–Crippen MR) is 65.9 cm³/mol. The van der Waals surface area contributed by atoms with Gasteiger partial charge in [0.25, 0.3) is 0 Å². The van der Waals surface area contributed by atoms with Crippen LogP contribution >= 0.6 is 0 Å². The topological polar surface area (TPSA) is 47.0 Å². The molecule has 0 atom stereocenters. The highest BCUT2D eigenvalue weighted by Gasteiger charge is 2.01. The third-order valence-corrected chi connectivity index (χ3v) is 2.28. The van der Waals surface area contributed by atoms with Crippen molar-refractivity contribution in [1.82, 2.24) is 15.3 Å². The molecule has 0 saturated carbocycles. The number of nitrogens with zero attached hydrogens (tertiary/aromatic N) is 2. The van der Waals surface area contributed by atoms with Crippen molar-refractivity contribution < 1.29 is 9.13 Å². The summed E-state index contributed by atoms with van der Waals surface area (Å²) in [6, 6.07) is 5.97. The van der Waals surface area contributed by atoms with Gasteiger partial charge in [-0.2, -0.15) is 0 Å². The zero-order chi connectivity index (χ0) is 12.8. The maximum atomic E-state index is 12.7. The molecule has 0 amide bonds. The number of benzene rings is 1. The van der Waals surface area contributed by atoms with E-state index in [1.807, 2.05) is 6.92 Å². The third-order valence-electron chi connectivity index (χ3n) is 2.28. The predicted octanol–water partition coefficient (Wildman–Crippen LogP) is 2.52. The third kappa shape index (κ3) is 3.49. The van der Waals surface area contributed by atoms with Gasteiger partial charge in [-0.3, -0.25) is 0 Å². The second-order valence-electron chi connectivity index (χ2n) is 3.71. The summed E-state index contributed by atoms with van der Waals surface area (Å²) in [7, 11) is 0. The van der Waals surface area contributed by atoms with E-state index in [0.717, 1.165) is 18.7 Å². The lowest BCUT2D eigenvalue weighted by Crippen LogP contribution is -2.12. The molecule has 0 saturated heterocycles. The van der Waals surface area contributed by atoms with Crippen LogP contribution in [0, 0.1) is 5.82 Å². The molecule has 94 valence electrons. The molecular weight excluding hydrogens is 233 g/mol.